The van der Waals surface area contributed by atoms with Crippen LogP contribution in [0.4, 0.5) is 0 Å². The summed E-state index contributed by atoms with van der Waals surface area (Å²) in [6.07, 6.45) is 0. The topological polar surface area (TPSA) is 67.9 Å². The molecule has 2 atom stereocenters. The molecular formula is C9H17Cl2N2O4P. The SMILES string of the molecule is CCOC(=O)[C@@H]1CO[P@@](=O)(N(CCCl)CCCl)N1. The standard InChI is InChI=1S/C9H17Cl2N2O4P/c1-2-16-9(14)8-7-17-18(15,12-8)13(5-3-10)6-4-11/h8H,2-7H2,1H3,(H,12,15)/t8-,18+/m0/s1. The summed E-state index contributed by atoms with van der Waals surface area (Å²) >= 11 is 11.3. The fourth-order valence-electron chi connectivity index (χ4n) is 1.54. The van der Waals surface area contributed by atoms with Crippen molar-refractivity contribution >= 4 is 36.8 Å². The van der Waals surface area contributed by atoms with Gasteiger partial charge in [-0.2, -0.15) is 0 Å². The first kappa shape index (κ1) is 16.2. The van der Waals surface area contributed by atoms with Crippen molar-refractivity contribution in [2.24, 2.45) is 0 Å². The minimum atomic E-state index is -3.23. The fourth-order valence-corrected chi connectivity index (χ4v) is 4.24. The van der Waals surface area contributed by atoms with Gasteiger partial charge in [-0.3, -0.25) is 9.36 Å². The number of nitrogens with zero attached hydrogens (tertiary/aromatic N) is 1. The highest BCUT2D eigenvalue weighted by atomic mass is 35.5. The van der Waals surface area contributed by atoms with Gasteiger partial charge in [-0.1, -0.05) is 0 Å². The molecule has 1 aliphatic heterocycles. The van der Waals surface area contributed by atoms with Crippen LogP contribution in [-0.4, -0.2) is 54.7 Å². The third-order valence-corrected chi connectivity index (χ3v) is 4.98. The molecule has 9 heteroatoms. The second-order valence-corrected chi connectivity index (χ2v) is 6.46. The Morgan fingerprint density at radius 3 is 2.61 bits per heavy atom. The maximum absolute atomic E-state index is 12.5. The first-order valence-corrected chi connectivity index (χ1v) is 8.28. The lowest BCUT2D eigenvalue weighted by Gasteiger charge is -2.25. The molecule has 0 spiro atoms. The molecular weight excluding hydrogens is 302 g/mol. The third kappa shape index (κ3) is 4.08. The van der Waals surface area contributed by atoms with Crippen LogP contribution in [0.2, 0.25) is 0 Å². The number of hydrogen-bond acceptors (Lipinski definition) is 4. The van der Waals surface area contributed by atoms with Crippen LogP contribution in [-0.2, 0) is 18.6 Å². The smallest absolute Gasteiger partial charge is 0.344 e. The van der Waals surface area contributed by atoms with E-state index < -0.39 is 19.7 Å². The van der Waals surface area contributed by atoms with Crippen LogP contribution in [0, 0.1) is 0 Å². The second-order valence-electron chi connectivity index (χ2n) is 3.58. The number of carbonyl (C=O) groups excluding carboxylic acids is 1. The Hall–Kier alpha value is 0.160. The zero-order valence-corrected chi connectivity index (χ0v) is 12.5. The van der Waals surface area contributed by atoms with Gasteiger partial charge in [-0.25, -0.2) is 9.76 Å². The van der Waals surface area contributed by atoms with E-state index in [1.165, 1.54) is 4.67 Å². The number of esters is 1. The highest BCUT2D eigenvalue weighted by Crippen LogP contribution is 2.50. The van der Waals surface area contributed by atoms with Crippen LogP contribution in [0.3, 0.4) is 0 Å². The van der Waals surface area contributed by atoms with Crippen molar-refractivity contribution in [3.8, 4) is 0 Å². The largest absolute Gasteiger partial charge is 0.465 e. The van der Waals surface area contributed by atoms with Crippen LogP contribution in [0.15, 0.2) is 0 Å². The summed E-state index contributed by atoms with van der Waals surface area (Å²) in [4.78, 5) is 11.5. The van der Waals surface area contributed by atoms with Crippen molar-refractivity contribution in [3.63, 3.8) is 0 Å². The highest BCUT2D eigenvalue weighted by molar-refractivity contribution is 7.54. The number of nitrogens with one attached hydrogen (secondary N) is 1. The Balaban J connectivity index is 2.65. The van der Waals surface area contributed by atoms with Crippen molar-refractivity contribution in [1.29, 1.82) is 0 Å². The lowest BCUT2D eigenvalue weighted by Crippen LogP contribution is -2.36. The molecule has 1 fully saturated rings. The van der Waals surface area contributed by atoms with E-state index in [1.807, 2.05) is 0 Å². The van der Waals surface area contributed by atoms with E-state index in [1.54, 1.807) is 6.92 Å². The van der Waals surface area contributed by atoms with Crippen LogP contribution in [0.1, 0.15) is 6.92 Å². The number of hydrogen-bond donors (Lipinski definition) is 1. The molecule has 1 N–H and O–H groups in total. The summed E-state index contributed by atoms with van der Waals surface area (Å²) < 4.78 is 24.1. The van der Waals surface area contributed by atoms with Gasteiger partial charge in [0.15, 0.2) is 0 Å². The molecule has 18 heavy (non-hydrogen) atoms. The quantitative estimate of drug-likeness (QED) is 0.435. The Morgan fingerprint density at radius 1 is 1.50 bits per heavy atom. The Labute approximate surface area is 116 Å². The monoisotopic (exact) mass is 318 g/mol. The molecule has 0 radical (unpaired) electrons. The van der Waals surface area contributed by atoms with E-state index in [9.17, 15) is 9.36 Å². The van der Waals surface area contributed by atoms with Gasteiger partial charge in [0.2, 0.25) is 0 Å². The van der Waals surface area contributed by atoms with E-state index in [4.69, 9.17) is 32.5 Å². The number of halogens is 2. The molecule has 1 saturated heterocycles. The van der Waals surface area contributed by atoms with Crippen molar-refractivity contribution in [2.45, 2.75) is 13.0 Å². The summed E-state index contributed by atoms with van der Waals surface area (Å²) in [5, 5.41) is 2.69. The normalized spacial score (nSPS) is 27.7. The zero-order valence-electron chi connectivity index (χ0n) is 10.1. The van der Waals surface area contributed by atoms with E-state index in [0.717, 1.165) is 0 Å². The average molecular weight is 319 g/mol. The molecule has 0 saturated carbocycles. The summed E-state index contributed by atoms with van der Waals surface area (Å²) in [5.41, 5.74) is 0. The van der Waals surface area contributed by atoms with Crippen LogP contribution in [0.5, 0.6) is 0 Å². The maximum atomic E-state index is 12.5. The third-order valence-electron chi connectivity index (χ3n) is 2.36. The lowest BCUT2D eigenvalue weighted by molar-refractivity contribution is -0.145. The molecule has 0 aromatic heterocycles. The molecule has 0 bridgehead atoms. The first-order valence-electron chi connectivity index (χ1n) is 5.63. The van der Waals surface area contributed by atoms with Crippen molar-refractivity contribution in [1.82, 2.24) is 9.76 Å². The van der Waals surface area contributed by atoms with Gasteiger partial charge in [0, 0.05) is 24.8 Å². The van der Waals surface area contributed by atoms with Crippen molar-refractivity contribution in [3.05, 3.63) is 0 Å². The van der Waals surface area contributed by atoms with Gasteiger partial charge in [0.05, 0.1) is 13.2 Å². The minimum absolute atomic E-state index is 0.0250. The molecule has 0 aliphatic carbocycles. The zero-order chi connectivity index (χ0) is 13.6. The molecule has 0 amide bonds. The van der Waals surface area contributed by atoms with E-state index in [-0.39, 0.29) is 13.2 Å². The van der Waals surface area contributed by atoms with Crippen LogP contribution >= 0.6 is 30.9 Å². The van der Waals surface area contributed by atoms with Gasteiger partial charge < -0.3 is 9.26 Å². The molecule has 0 unspecified atom stereocenters. The first-order chi connectivity index (χ1) is 8.57. The van der Waals surface area contributed by atoms with Crippen molar-refractivity contribution < 1.29 is 18.6 Å². The lowest BCUT2D eigenvalue weighted by atomic mass is 10.3. The molecule has 1 heterocycles. The van der Waals surface area contributed by atoms with Gasteiger partial charge in [-0.05, 0) is 6.92 Å². The highest BCUT2D eigenvalue weighted by Gasteiger charge is 2.43. The Morgan fingerprint density at radius 2 is 2.11 bits per heavy atom. The second kappa shape index (κ2) is 7.68. The maximum Gasteiger partial charge on any atom is 0.344 e. The van der Waals surface area contributed by atoms with Gasteiger partial charge in [0.1, 0.15) is 6.04 Å². The summed E-state index contributed by atoms with van der Waals surface area (Å²) in [7, 11) is -3.23. The molecule has 0 aromatic rings. The Kier molecular flexibility index (Phi) is 6.92. The number of ether oxygens (including phenoxy) is 1. The van der Waals surface area contributed by atoms with Crippen molar-refractivity contribution in [2.75, 3.05) is 38.1 Å². The van der Waals surface area contributed by atoms with E-state index in [2.05, 4.69) is 5.09 Å². The molecule has 106 valence electrons. The summed E-state index contributed by atoms with van der Waals surface area (Å²) in [6.45, 7) is 2.74. The predicted molar refractivity (Wildman–Crippen MR) is 70.1 cm³/mol. The average Bonchev–Trinajstić information content (AvgIpc) is 2.73. The van der Waals surface area contributed by atoms with Gasteiger partial charge in [0.25, 0.3) is 0 Å². The molecule has 1 rings (SSSR count). The molecule has 1 aliphatic rings. The fraction of sp³-hybridized carbons (Fsp3) is 0.889. The molecule has 0 aromatic carbocycles. The van der Waals surface area contributed by atoms with E-state index >= 15 is 0 Å². The number of rotatable bonds is 7. The molecule has 6 nitrogen and oxygen atoms in total. The van der Waals surface area contributed by atoms with E-state index in [0.29, 0.717) is 24.8 Å². The Bertz CT molecular complexity index is 326. The minimum Gasteiger partial charge on any atom is -0.465 e. The van der Waals surface area contributed by atoms with Gasteiger partial charge >= 0.3 is 13.6 Å². The predicted octanol–water partition coefficient (Wildman–Crippen LogP) is 1.43. The number of carbonyl (C=O) groups is 1. The van der Waals surface area contributed by atoms with Gasteiger partial charge in [-0.15, -0.1) is 23.2 Å². The summed E-state index contributed by atoms with van der Waals surface area (Å²) in [6, 6.07) is -0.705. The summed E-state index contributed by atoms with van der Waals surface area (Å²) in [5.74, 6) is 0.137. The van der Waals surface area contributed by atoms with Crippen LogP contribution < -0.4 is 5.09 Å². The van der Waals surface area contributed by atoms with Crippen LogP contribution in [0.25, 0.3) is 0 Å². The number of alkyl halides is 2.